The van der Waals surface area contributed by atoms with Crippen LogP contribution in [0.15, 0.2) is 67.1 Å². The first-order valence-electron chi connectivity index (χ1n) is 9.23. The fraction of sp³-hybridized carbons (Fsp3) is 0.182. The van der Waals surface area contributed by atoms with Crippen molar-refractivity contribution in [2.24, 2.45) is 0 Å². The van der Waals surface area contributed by atoms with Crippen LogP contribution in [0.25, 0.3) is 22.3 Å². The lowest BCUT2D eigenvalue weighted by Gasteiger charge is -2.18. The van der Waals surface area contributed by atoms with Crippen LogP contribution in [0.1, 0.15) is 22.8 Å². The summed E-state index contributed by atoms with van der Waals surface area (Å²) < 4.78 is 1.82. The highest BCUT2D eigenvalue weighted by molar-refractivity contribution is 6.06. The first kappa shape index (κ1) is 17.9. The summed E-state index contributed by atoms with van der Waals surface area (Å²) in [5.74, 6) is -0.0583. The number of aromatic nitrogens is 4. The Labute approximate surface area is 163 Å². The first-order valence-corrected chi connectivity index (χ1v) is 9.23. The van der Waals surface area contributed by atoms with E-state index in [1.54, 1.807) is 23.5 Å². The van der Waals surface area contributed by atoms with E-state index in [1.165, 1.54) is 0 Å². The number of carbonyl (C=O) groups excluding carboxylic acids is 1. The molecule has 0 aliphatic heterocycles. The Morgan fingerprint density at radius 3 is 2.57 bits per heavy atom. The van der Waals surface area contributed by atoms with Gasteiger partial charge in [0.25, 0.3) is 5.91 Å². The molecular weight excluding hydrogens is 350 g/mol. The molecule has 140 valence electrons. The van der Waals surface area contributed by atoms with Crippen molar-refractivity contribution >= 4 is 16.9 Å². The van der Waals surface area contributed by atoms with Crippen LogP contribution < -0.4 is 0 Å². The number of fused-ring (bicyclic) bond motifs is 1. The van der Waals surface area contributed by atoms with Crippen molar-refractivity contribution in [3.63, 3.8) is 0 Å². The molecule has 1 amide bonds. The lowest BCUT2D eigenvalue weighted by Crippen LogP contribution is -2.26. The molecule has 0 N–H and O–H groups in total. The van der Waals surface area contributed by atoms with E-state index in [2.05, 4.69) is 10.1 Å². The van der Waals surface area contributed by atoms with Gasteiger partial charge in [-0.25, -0.2) is 9.67 Å². The van der Waals surface area contributed by atoms with Crippen molar-refractivity contribution in [1.29, 1.82) is 0 Å². The van der Waals surface area contributed by atoms with Gasteiger partial charge in [-0.1, -0.05) is 30.3 Å². The van der Waals surface area contributed by atoms with Crippen molar-refractivity contribution in [2.75, 3.05) is 7.05 Å². The molecule has 0 bridgehead atoms. The summed E-state index contributed by atoms with van der Waals surface area (Å²) in [7, 11) is 1.81. The van der Waals surface area contributed by atoms with Gasteiger partial charge in [0.05, 0.1) is 22.8 Å². The number of nitrogens with zero attached hydrogens (tertiary/aromatic N) is 5. The monoisotopic (exact) mass is 371 g/mol. The third-order valence-electron chi connectivity index (χ3n) is 4.72. The minimum Gasteiger partial charge on any atom is -0.337 e. The zero-order valence-corrected chi connectivity index (χ0v) is 15.9. The highest BCUT2D eigenvalue weighted by atomic mass is 16.2. The van der Waals surface area contributed by atoms with Gasteiger partial charge in [-0.3, -0.25) is 9.78 Å². The van der Waals surface area contributed by atoms with E-state index in [0.29, 0.717) is 18.7 Å². The van der Waals surface area contributed by atoms with Gasteiger partial charge < -0.3 is 4.90 Å². The van der Waals surface area contributed by atoms with Gasteiger partial charge in [-0.05, 0) is 30.7 Å². The minimum atomic E-state index is -0.0583. The molecule has 3 heterocycles. The van der Waals surface area contributed by atoms with E-state index in [0.717, 1.165) is 27.9 Å². The average Bonchev–Trinajstić information content (AvgIpc) is 3.17. The minimum absolute atomic E-state index is 0.0583. The first-order chi connectivity index (χ1) is 13.7. The number of carbonyl (C=O) groups is 1. The molecular formula is C22H21N5O. The third kappa shape index (κ3) is 3.36. The van der Waals surface area contributed by atoms with Crippen LogP contribution in [0.2, 0.25) is 0 Å². The summed E-state index contributed by atoms with van der Waals surface area (Å²) in [6.07, 6.45) is 5.20. The Morgan fingerprint density at radius 1 is 1.11 bits per heavy atom. The number of aryl methyl sites for hydroxylation is 1. The van der Waals surface area contributed by atoms with E-state index in [-0.39, 0.29) is 5.91 Å². The number of amides is 1. The molecule has 0 spiro atoms. The molecule has 0 saturated heterocycles. The summed E-state index contributed by atoms with van der Waals surface area (Å²) in [5, 5.41) is 5.18. The maximum Gasteiger partial charge on any atom is 0.254 e. The van der Waals surface area contributed by atoms with Crippen molar-refractivity contribution < 1.29 is 4.79 Å². The summed E-state index contributed by atoms with van der Waals surface area (Å²) in [6, 6.07) is 15.6. The summed E-state index contributed by atoms with van der Waals surface area (Å²) in [5.41, 5.74) is 4.11. The fourth-order valence-electron chi connectivity index (χ4n) is 3.25. The Morgan fingerprint density at radius 2 is 1.86 bits per heavy atom. The van der Waals surface area contributed by atoms with Gasteiger partial charge >= 0.3 is 0 Å². The average molecular weight is 371 g/mol. The highest BCUT2D eigenvalue weighted by Crippen LogP contribution is 2.26. The predicted molar refractivity (Wildman–Crippen MR) is 109 cm³/mol. The van der Waals surface area contributed by atoms with Gasteiger partial charge in [-0.15, -0.1) is 0 Å². The molecule has 3 aromatic heterocycles. The molecule has 0 saturated carbocycles. The molecule has 0 radical (unpaired) electrons. The van der Waals surface area contributed by atoms with Crippen molar-refractivity contribution in [1.82, 2.24) is 24.6 Å². The Kier molecular flexibility index (Phi) is 4.85. The number of pyridine rings is 2. The number of hydrogen-bond donors (Lipinski definition) is 0. The van der Waals surface area contributed by atoms with Gasteiger partial charge in [-0.2, -0.15) is 5.10 Å². The van der Waals surface area contributed by atoms with Crippen LogP contribution in [0.3, 0.4) is 0 Å². The van der Waals surface area contributed by atoms with Gasteiger partial charge in [0.1, 0.15) is 0 Å². The maximum absolute atomic E-state index is 13.3. The molecule has 0 fully saturated rings. The van der Waals surface area contributed by atoms with Crippen LogP contribution >= 0.6 is 0 Å². The lowest BCUT2D eigenvalue weighted by atomic mass is 10.1. The summed E-state index contributed by atoms with van der Waals surface area (Å²) >= 11 is 0. The SMILES string of the molecule is CCn1ncc2c(C(=O)N(C)Cc3ccncc3)cc(-c3ccccc3)nc21. The summed E-state index contributed by atoms with van der Waals surface area (Å²) in [6.45, 7) is 3.21. The Balaban J connectivity index is 1.78. The Bertz CT molecular complexity index is 1110. The second kappa shape index (κ2) is 7.60. The topological polar surface area (TPSA) is 63.9 Å². The van der Waals surface area contributed by atoms with Gasteiger partial charge in [0.15, 0.2) is 5.65 Å². The van der Waals surface area contributed by atoms with Crippen LogP contribution in [0, 0.1) is 0 Å². The number of hydrogen-bond acceptors (Lipinski definition) is 4. The smallest absolute Gasteiger partial charge is 0.254 e. The van der Waals surface area contributed by atoms with Crippen molar-refractivity contribution in [3.05, 3.63) is 78.2 Å². The fourth-order valence-corrected chi connectivity index (χ4v) is 3.25. The molecule has 0 aliphatic carbocycles. The molecule has 6 nitrogen and oxygen atoms in total. The van der Waals surface area contributed by atoms with Crippen LogP contribution in [-0.2, 0) is 13.1 Å². The largest absolute Gasteiger partial charge is 0.337 e. The van der Waals surface area contributed by atoms with Crippen LogP contribution in [-0.4, -0.2) is 37.6 Å². The normalized spacial score (nSPS) is 10.9. The molecule has 0 aliphatic rings. The second-order valence-corrected chi connectivity index (χ2v) is 6.64. The van der Waals surface area contributed by atoms with E-state index in [1.807, 2.05) is 67.2 Å². The van der Waals surface area contributed by atoms with Crippen molar-refractivity contribution in [2.45, 2.75) is 20.0 Å². The summed E-state index contributed by atoms with van der Waals surface area (Å²) in [4.78, 5) is 23.8. The van der Waals surface area contributed by atoms with E-state index < -0.39 is 0 Å². The highest BCUT2D eigenvalue weighted by Gasteiger charge is 2.20. The van der Waals surface area contributed by atoms with Gasteiger partial charge in [0.2, 0.25) is 0 Å². The second-order valence-electron chi connectivity index (χ2n) is 6.64. The van der Waals surface area contributed by atoms with Crippen LogP contribution in [0.5, 0.6) is 0 Å². The zero-order valence-electron chi connectivity index (χ0n) is 15.9. The lowest BCUT2D eigenvalue weighted by molar-refractivity contribution is 0.0787. The molecule has 0 atom stereocenters. The quantitative estimate of drug-likeness (QED) is 0.535. The molecule has 28 heavy (non-hydrogen) atoms. The predicted octanol–water partition coefficient (Wildman–Crippen LogP) is 3.79. The van der Waals surface area contributed by atoms with E-state index in [4.69, 9.17) is 4.98 Å². The van der Waals surface area contributed by atoms with E-state index >= 15 is 0 Å². The van der Waals surface area contributed by atoms with E-state index in [9.17, 15) is 4.79 Å². The molecule has 1 aromatic carbocycles. The van der Waals surface area contributed by atoms with Crippen molar-refractivity contribution in [3.8, 4) is 11.3 Å². The third-order valence-corrected chi connectivity index (χ3v) is 4.72. The molecule has 6 heteroatoms. The maximum atomic E-state index is 13.3. The zero-order chi connectivity index (χ0) is 19.5. The Hall–Kier alpha value is -3.54. The molecule has 0 unspecified atom stereocenters. The standard InChI is InChI=1S/C22H21N5O/c1-3-27-21-19(14-24-27)18(13-20(25-21)17-7-5-4-6-8-17)22(28)26(2)15-16-9-11-23-12-10-16/h4-14H,3,15H2,1-2H3. The number of benzene rings is 1. The molecule has 4 aromatic rings. The number of rotatable bonds is 5. The van der Waals surface area contributed by atoms with Crippen LogP contribution in [0.4, 0.5) is 0 Å². The molecule has 4 rings (SSSR count). The van der Waals surface area contributed by atoms with Gasteiger partial charge in [0, 0.05) is 38.1 Å².